The number of nitrogens with zero attached hydrogens (tertiary/aromatic N) is 3. The van der Waals surface area contributed by atoms with E-state index in [1.54, 1.807) is 0 Å². The molecule has 0 spiro atoms. The van der Waals surface area contributed by atoms with Gasteiger partial charge < -0.3 is 15.0 Å². The molecule has 3 rings (SSSR count). The maximum Gasteiger partial charge on any atom is 0.113 e. The van der Waals surface area contributed by atoms with E-state index in [9.17, 15) is 0 Å². The molecule has 19 heavy (non-hydrogen) atoms. The highest BCUT2D eigenvalue weighted by Crippen LogP contribution is 2.22. The largest absolute Gasteiger partial charge is 0.399 e. The summed E-state index contributed by atoms with van der Waals surface area (Å²) in [6, 6.07) is 3.92. The third-order valence-corrected chi connectivity index (χ3v) is 4.26. The molecule has 0 aromatic carbocycles. The molecular weight excluding hydrogens is 236 g/mol. The van der Waals surface area contributed by atoms with E-state index in [-0.39, 0.29) is 0 Å². The molecule has 102 valence electrons. The first-order chi connectivity index (χ1) is 9.26. The Morgan fingerprint density at radius 3 is 2.89 bits per heavy atom. The minimum absolute atomic E-state index is 0.769. The summed E-state index contributed by atoms with van der Waals surface area (Å²) in [5.74, 6) is 1.94. The fourth-order valence-electron chi connectivity index (χ4n) is 2.99. The first kappa shape index (κ1) is 12.5. The molecule has 2 aromatic heterocycles. The molecule has 0 atom stereocenters. The number of hydrogen-bond acceptors (Lipinski definition) is 3. The maximum atomic E-state index is 5.80. The Hall–Kier alpha value is -1.55. The predicted octanol–water partition coefficient (Wildman–Crippen LogP) is 2.19. The van der Waals surface area contributed by atoms with E-state index in [4.69, 9.17) is 5.73 Å². The Bertz CT molecular complexity index is 552. The Balaban J connectivity index is 1.72. The zero-order chi connectivity index (χ0) is 13.2. The molecule has 0 aliphatic carbocycles. The van der Waals surface area contributed by atoms with Crippen LogP contribution in [0.25, 0.3) is 5.52 Å². The van der Waals surface area contributed by atoms with Crippen molar-refractivity contribution in [3.63, 3.8) is 0 Å². The summed E-state index contributed by atoms with van der Waals surface area (Å²) in [6.45, 7) is 5.89. The van der Waals surface area contributed by atoms with Crippen LogP contribution in [-0.4, -0.2) is 33.9 Å². The standard InChI is InChI=1S/C15H22N4/c1-2-18-6-3-12(4-7-18)9-15-17-11-14-10-13(16)5-8-19(14)15/h5,8,10-12H,2-4,6-7,9,16H2,1H3. The van der Waals surface area contributed by atoms with E-state index >= 15 is 0 Å². The minimum atomic E-state index is 0.769. The summed E-state index contributed by atoms with van der Waals surface area (Å²) in [7, 11) is 0. The molecular formula is C15H22N4. The van der Waals surface area contributed by atoms with Crippen molar-refractivity contribution in [3.05, 3.63) is 30.4 Å². The van der Waals surface area contributed by atoms with Crippen molar-refractivity contribution in [2.75, 3.05) is 25.4 Å². The lowest BCUT2D eigenvalue weighted by molar-refractivity contribution is 0.191. The van der Waals surface area contributed by atoms with E-state index in [0.717, 1.165) is 23.5 Å². The van der Waals surface area contributed by atoms with Crippen molar-refractivity contribution in [1.29, 1.82) is 0 Å². The summed E-state index contributed by atoms with van der Waals surface area (Å²) in [5, 5.41) is 0. The number of pyridine rings is 1. The molecule has 1 aliphatic rings. The van der Waals surface area contributed by atoms with E-state index in [1.165, 1.54) is 38.3 Å². The van der Waals surface area contributed by atoms with Gasteiger partial charge in [0.2, 0.25) is 0 Å². The lowest BCUT2D eigenvalue weighted by Crippen LogP contribution is -2.34. The molecule has 2 aromatic rings. The second-order valence-corrected chi connectivity index (χ2v) is 5.51. The third kappa shape index (κ3) is 2.59. The van der Waals surface area contributed by atoms with Gasteiger partial charge in [0.25, 0.3) is 0 Å². The fourth-order valence-corrected chi connectivity index (χ4v) is 2.99. The van der Waals surface area contributed by atoms with Crippen molar-refractivity contribution in [2.45, 2.75) is 26.2 Å². The number of anilines is 1. The summed E-state index contributed by atoms with van der Waals surface area (Å²) < 4.78 is 2.17. The summed E-state index contributed by atoms with van der Waals surface area (Å²) in [6.07, 6.45) is 7.62. The van der Waals surface area contributed by atoms with Gasteiger partial charge in [-0.2, -0.15) is 0 Å². The quantitative estimate of drug-likeness (QED) is 0.918. The number of fused-ring (bicyclic) bond motifs is 1. The van der Waals surface area contributed by atoms with Crippen LogP contribution >= 0.6 is 0 Å². The first-order valence-corrected chi connectivity index (χ1v) is 7.20. The summed E-state index contributed by atoms with van der Waals surface area (Å²) in [5.41, 5.74) is 7.70. The molecule has 0 bridgehead atoms. The lowest BCUT2D eigenvalue weighted by Gasteiger charge is -2.30. The van der Waals surface area contributed by atoms with Gasteiger partial charge in [-0.3, -0.25) is 0 Å². The van der Waals surface area contributed by atoms with Crippen LogP contribution < -0.4 is 5.73 Å². The summed E-state index contributed by atoms with van der Waals surface area (Å²) >= 11 is 0. The number of nitrogens with two attached hydrogens (primary N) is 1. The molecule has 1 saturated heterocycles. The third-order valence-electron chi connectivity index (χ3n) is 4.26. The molecule has 4 heteroatoms. The van der Waals surface area contributed by atoms with Gasteiger partial charge in [0.05, 0.1) is 11.7 Å². The molecule has 1 aliphatic heterocycles. The average molecular weight is 258 g/mol. The highest BCUT2D eigenvalue weighted by Gasteiger charge is 2.19. The lowest BCUT2D eigenvalue weighted by atomic mass is 9.93. The van der Waals surface area contributed by atoms with E-state index in [0.29, 0.717) is 0 Å². The Morgan fingerprint density at radius 1 is 1.37 bits per heavy atom. The van der Waals surface area contributed by atoms with Gasteiger partial charge in [-0.05, 0) is 50.5 Å². The highest BCUT2D eigenvalue weighted by molar-refractivity contribution is 5.55. The Kier molecular flexibility index (Phi) is 3.42. The molecule has 1 fully saturated rings. The topological polar surface area (TPSA) is 46.6 Å². The fraction of sp³-hybridized carbons (Fsp3) is 0.533. The van der Waals surface area contributed by atoms with E-state index in [1.807, 2.05) is 24.5 Å². The Morgan fingerprint density at radius 2 is 2.16 bits per heavy atom. The van der Waals surface area contributed by atoms with Crippen molar-refractivity contribution in [2.24, 2.45) is 5.92 Å². The average Bonchev–Trinajstić information content (AvgIpc) is 2.82. The number of rotatable bonds is 3. The molecule has 3 heterocycles. The molecule has 4 nitrogen and oxygen atoms in total. The number of hydrogen-bond donors (Lipinski definition) is 1. The van der Waals surface area contributed by atoms with Crippen LogP contribution in [0, 0.1) is 5.92 Å². The van der Waals surface area contributed by atoms with Crippen molar-refractivity contribution in [3.8, 4) is 0 Å². The van der Waals surface area contributed by atoms with Crippen LogP contribution in [0.15, 0.2) is 24.5 Å². The van der Waals surface area contributed by atoms with E-state index < -0.39 is 0 Å². The zero-order valence-electron chi connectivity index (χ0n) is 11.5. The Labute approximate surface area is 114 Å². The van der Waals surface area contributed by atoms with Crippen LogP contribution in [0.1, 0.15) is 25.6 Å². The second-order valence-electron chi connectivity index (χ2n) is 5.51. The first-order valence-electron chi connectivity index (χ1n) is 7.20. The van der Waals surface area contributed by atoms with Gasteiger partial charge in [-0.15, -0.1) is 0 Å². The number of imidazole rings is 1. The van der Waals surface area contributed by atoms with Gasteiger partial charge in [0, 0.05) is 18.3 Å². The van der Waals surface area contributed by atoms with Gasteiger partial charge in [0.15, 0.2) is 0 Å². The SMILES string of the molecule is CCN1CCC(Cc2ncc3cc(N)ccn23)CC1. The summed E-state index contributed by atoms with van der Waals surface area (Å²) in [4.78, 5) is 7.09. The van der Waals surface area contributed by atoms with E-state index in [2.05, 4.69) is 21.2 Å². The van der Waals surface area contributed by atoms with Gasteiger partial charge >= 0.3 is 0 Å². The molecule has 0 radical (unpaired) electrons. The maximum absolute atomic E-state index is 5.80. The van der Waals surface area contributed by atoms with Crippen LogP contribution in [0.2, 0.25) is 0 Å². The molecule has 0 amide bonds. The van der Waals surface area contributed by atoms with Crippen molar-refractivity contribution >= 4 is 11.2 Å². The monoisotopic (exact) mass is 258 g/mol. The van der Waals surface area contributed by atoms with Crippen LogP contribution in [0.4, 0.5) is 5.69 Å². The molecule has 0 saturated carbocycles. The van der Waals surface area contributed by atoms with Crippen LogP contribution in [0.5, 0.6) is 0 Å². The molecule has 0 unspecified atom stereocenters. The minimum Gasteiger partial charge on any atom is -0.399 e. The van der Waals surface area contributed by atoms with Crippen LogP contribution in [-0.2, 0) is 6.42 Å². The zero-order valence-corrected chi connectivity index (χ0v) is 11.5. The number of aromatic nitrogens is 2. The number of likely N-dealkylation sites (tertiary alicyclic amines) is 1. The normalized spacial score (nSPS) is 18.2. The smallest absolute Gasteiger partial charge is 0.113 e. The van der Waals surface area contributed by atoms with Gasteiger partial charge in [-0.1, -0.05) is 6.92 Å². The second kappa shape index (κ2) is 5.21. The number of piperidine rings is 1. The van der Waals surface area contributed by atoms with Crippen LogP contribution in [0.3, 0.4) is 0 Å². The predicted molar refractivity (Wildman–Crippen MR) is 78.1 cm³/mol. The van der Waals surface area contributed by atoms with Gasteiger partial charge in [-0.25, -0.2) is 4.98 Å². The van der Waals surface area contributed by atoms with Crippen molar-refractivity contribution < 1.29 is 0 Å². The van der Waals surface area contributed by atoms with Crippen molar-refractivity contribution in [1.82, 2.24) is 14.3 Å². The van der Waals surface area contributed by atoms with Gasteiger partial charge in [0.1, 0.15) is 5.82 Å². The highest BCUT2D eigenvalue weighted by atomic mass is 15.1. The molecule has 2 N–H and O–H groups in total. The number of nitrogen functional groups attached to an aromatic ring is 1.